The van der Waals surface area contributed by atoms with Crippen molar-refractivity contribution in [2.75, 3.05) is 13.1 Å². The maximum absolute atomic E-state index is 8.87. The first kappa shape index (κ1) is 14.9. The number of benzene rings is 2. The monoisotopic (exact) mass is 317 g/mol. The number of hydrogen-bond donors (Lipinski definition) is 0. The quantitative estimate of drug-likeness (QED) is 0.733. The van der Waals surface area contributed by atoms with Crippen LogP contribution in [0.15, 0.2) is 46.9 Å². The van der Waals surface area contributed by atoms with Gasteiger partial charge in [0.2, 0.25) is 0 Å². The van der Waals surface area contributed by atoms with E-state index >= 15 is 0 Å². The Hall–Kier alpha value is -2.64. The van der Waals surface area contributed by atoms with Crippen molar-refractivity contribution in [2.24, 2.45) is 0 Å². The van der Waals surface area contributed by atoms with Crippen LogP contribution in [0.25, 0.3) is 11.1 Å². The van der Waals surface area contributed by atoms with Crippen molar-refractivity contribution < 1.29 is 4.42 Å². The van der Waals surface area contributed by atoms with E-state index < -0.39 is 0 Å². The van der Waals surface area contributed by atoms with Gasteiger partial charge in [0.1, 0.15) is 5.52 Å². The average molecular weight is 317 g/mol. The minimum absolute atomic E-state index is 0.357. The molecule has 0 amide bonds. The molecule has 3 aromatic rings. The van der Waals surface area contributed by atoms with Crippen LogP contribution in [0.4, 0.5) is 0 Å². The molecule has 24 heavy (non-hydrogen) atoms. The summed E-state index contributed by atoms with van der Waals surface area (Å²) >= 11 is 0. The topological polar surface area (TPSA) is 53.1 Å². The second-order valence-corrected chi connectivity index (χ2v) is 6.55. The van der Waals surface area contributed by atoms with E-state index in [4.69, 9.17) is 14.7 Å². The molecule has 120 valence electrons. The maximum Gasteiger partial charge on any atom is 0.199 e. The van der Waals surface area contributed by atoms with Crippen LogP contribution in [0.2, 0.25) is 0 Å². The van der Waals surface area contributed by atoms with Crippen molar-refractivity contribution >= 4 is 11.1 Å². The first-order chi connectivity index (χ1) is 11.7. The van der Waals surface area contributed by atoms with Crippen molar-refractivity contribution in [1.29, 1.82) is 5.26 Å². The van der Waals surface area contributed by atoms with E-state index in [9.17, 15) is 0 Å². The number of rotatable bonds is 3. The summed E-state index contributed by atoms with van der Waals surface area (Å²) in [6, 6.07) is 16.1. The van der Waals surface area contributed by atoms with Crippen LogP contribution < -0.4 is 0 Å². The molecule has 4 rings (SSSR count). The van der Waals surface area contributed by atoms with E-state index in [0.29, 0.717) is 11.5 Å². The van der Waals surface area contributed by atoms with E-state index in [1.54, 1.807) is 0 Å². The maximum atomic E-state index is 8.87. The smallest absolute Gasteiger partial charge is 0.199 e. The minimum Gasteiger partial charge on any atom is -0.440 e. The second-order valence-electron chi connectivity index (χ2n) is 6.55. The molecule has 0 saturated carbocycles. The van der Waals surface area contributed by atoms with Crippen LogP contribution in [0.1, 0.15) is 34.9 Å². The molecule has 4 nitrogen and oxygen atoms in total. The molecule has 2 aromatic carbocycles. The third-order valence-corrected chi connectivity index (χ3v) is 4.67. The van der Waals surface area contributed by atoms with Gasteiger partial charge in [-0.15, -0.1) is 0 Å². The fourth-order valence-electron chi connectivity index (χ4n) is 3.35. The van der Waals surface area contributed by atoms with Crippen molar-refractivity contribution in [3.8, 4) is 6.07 Å². The van der Waals surface area contributed by atoms with E-state index in [-0.39, 0.29) is 0 Å². The molecule has 1 saturated heterocycles. The third kappa shape index (κ3) is 2.91. The summed E-state index contributed by atoms with van der Waals surface area (Å²) < 4.78 is 5.96. The first-order valence-electron chi connectivity index (χ1n) is 8.30. The number of likely N-dealkylation sites (tertiary alicyclic amines) is 1. The lowest BCUT2D eigenvalue weighted by Gasteiger charge is -2.15. The number of fused-ring (bicyclic) bond motifs is 1. The molecule has 0 radical (unpaired) electrons. The molecule has 2 heterocycles. The number of nitrogens with zero attached hydrogens (tertiary/aromatic N) is 3. The largest absolute Gasteiger partial charge is 0.440 e. The standard InChI is InChI=1S/C20H19N3O/c1-14-2-7-19-18(10-14)22-20(24-19)17-8-9-23(13-17)12-16-5-3-15(11-21)4-6-16/h2-7,10,17H,8-9,12-13H2,1H3/t17-/m1/s1. The molecule has 0 N–H and O–H groups in total. The highest BCUT2D eigenvalue weighted by molar-refractivity contribution is 5.73. The van der Waals surface area contributed by atoms with E-state index in [1.807, 2.05) is 30.3 Å². The Kier molecular flexibility index (Phi) is 3.79. The lowest BCUT2D eigenvalue weighted by Crippen LogP contribution is -2.19. The summed E-state index contributed by atoms with van der Waals surface area (Å²) in [5.41, 5.74) is 4.98. The third-order valence-electron chi connectivity index (χ3n) is 4.67. The highest BCUT2D eigenvalue weighted by Gasteiger charge is 2.27. The molecule has 4 heteroatoms. The number of hydrogen-bond acceptors (Lipinski definition) is 4. The van der Waals surface area contributed by atoms with Gasteiger partial charge in [-0.1, -0.05) is 18.2 Å². The molecule has 1 fully saturated rings. The first-order valence-corrected chi connectivity index (χ1v) is 8.30. The van der Waals surface area contributed by atoms with Crippen LogP contribution in [0.5, 0.6) is 0 Å². The SMILES string of the molecule is Cc1ccc2oc([C@@H]3CCN(Cc4ccc(C#N)cc4)C3)nc2c1. The van der Waals surface area contributed by atoms with Gasteiger partial charge in [-0.3, -0.25) is 4.90 Å². The van der Waals surface area contributed by atoms with Gasteiger partial charge < -0.3 is 4.42 Å². The molecule has 1 aromatic heterocycles. The Labute approximate surface area is 141 Å². The van der Waals surface area contributed by atoms with Gasteiger partial charge in [-0.25, -0.2) is 4.98 Å². The lowest BCUT2D eigenvalue weighted by molar-refractivity contribution is 0.321. The zero-order valence-corrected chi connectivity index (χ0v) is 13.7. The van der Waals surface area contributed by atoms with Gasteiger partial charge in [0.15, 0.2) is 11.5 Å². The van der Waals surface area contributed by atoms with Crippen molar-refractivity contribution in [3.05, 3.63) is 65.0 Å². The Morgan fingerprint density at radius 3 is 2.88 bits per heavy atom. The zero-order chi connectivity index (χ0) is 16.5. The Bertz CT molecular complexity index is 905. The van der Waals surface area contributed by atoms with Gasteiger partial charge in [0.25, 0.3) is 0 Å². The summed E-state index contributed by atoms with van der Waals surface area (Å²) in [5, 5.41) is 8.87. The predicted molar refractivity (Wildman–Crippen MR) is 92.5 cm³/mol. The fraction of sp³-hybridized carbons (Fsp3) is 0.300. The molecule has 1 aliphatic rings. The van der Waals surface area contributed by atoms with Crippen molar-refractivity contribution in [1.82, 2.24) is 9.88 Å². The van der Waals surface area contributed by atoms with Crippen molar-refractivity contribution in [2.45, 2.75) is 25.8 Å². The minimum atomic E-state index is 0.357. The molecular formula is C20H19N3O. The molecule has 0 aliphatic carbocycles. The summed E-state index contributed by atoms with van der Waals surface area (Å²) in [4.78, 5) is 7.11. The van der Waals surface area contributed by atoms with Gasteiger partial charge in [0, 0.05) is 19.0 Å². The molecule has 0 bridgehead atoms. The molecular weight excluding hydrogens is 298 g/mol. The Morgan fingerprint density at radius 1 is 1.25 bits per heavy atom. The highest BCUT2D eigenvalue weighted by atomic mass is 16.3. The normalized spacial score (nSPS) is 18.1. The number of aryl methyl sites for hydroxylation is 1. The van der Waals surface area contributed by atoms with Gasteiger partial charge >= 0.3 is 0 Å². The van der Waals surface area contributed by atoms with Gasteiger partial charge in [-0.2, -0.15) is 5.26 Å². The Morgan fingerprint density at radius 2 is 2.08 bits per heavy atom. The van der Waals surface area contributed by atoms with Gasteiger partial charge in [-0.05, 0) is 55.3 Å². The zero-order valence-electron chi connectivity index (χ0n) is 13.7. The summed E-state index contributed by atoms with van der Waals surface area (Å²) in [5.74, 6) is 1.22. The second kappa shape index (κ2) is 6.10. The van der Waals surface area contributed by atoms with E-state index in [1.165, 1.54) is 11.1 Å². The van der Waals surface area contributed by atoms with E-state index in [0.717, 1.165) is 43.0 Å². The molecule has 0 unspecified atom stereocenters. The molecule has 1 atom stereocenters. The number of nitriles is 1. The van der Waals surface area contributed by atoms with Crippen molar-refractivity contribution in [3.63, 3.8) is 0 Å². The van der Waals surface area contributed by atoms with Crippen LogP contribution in [-0.2, 0) is 6.54 Å². The number of aromatic nitrogens is 1. The average Bonchev–Trinajstić information content (AvgIpc) is 3.21. The van der Waals surface area contributed by atoms with Gasteiger partial charge in [0.05, 0.1) is 11.6 Å². The Balaban J connectivity index is 1.46. The van der Waals surface area contributed by atoms with Crippen LogP contribution >= 0.6 is 0 Å². The predicted octanol–water partition coefficient (Wildman–Crippen LogP) is 4.00. The highest BCUT2D eigenvalue weighted by Crippen LogP contribution is 2.30. The summed E-state index contributed by atoms with van der Waals surface area (Å²) in [6.07, 6.45) is 1.07. The molecule has 0 spiro atoms. The van der Waals surface area contributed by atoms with Crippen LogP contribution in [0, 0.1) is 18.3 Å². The fourth-order valence-corrected chi connectivity index (χ4v) is 3.35. The summed E-state index contributed by atoms with van der Waals surface area (Å²) in [6.45, 7) is 4.98. The molecule has 1 aliphatic heterocycles. The number of oxazole rings is 1. The lowest BCUT2D eigenvalue weighted by atomic mass is 10.1. The van der Waals surface area contributed by atoms with Crippen LogP contribution in [-0.4, -0.2) is 23.0 Å². The van der Waals surface area contributed by atoms with E-state index in [2.05, 4.69) is 30.0 Å². The summed E-state index contributed by atoms with van der Waals surface area (Å²) in [7, 11) is 0. The van der Waals surface area contributed by atoms with Crippen LogP contribution in [0.3, 0.4) is 0 Å².